The number of anilines is 2. The summed E-state index contributed by atoms with van der Waals surface area (Å²) in [7, 11) is -1.19. The lowest BCUT2D eigenvalue weighted by Crippen LogP contribution is -2.38. The number of hydrogen-bond acceptors (Lipinski definition) is 5. The lowest BCUT2D eigenvalue weighted by Gasteiger charge is -2.26. The second kappa shape index (κ2) is 10.1. The van der Waals surface area contributed by atoms with E-state index in [1.807, 2.05) is 13.0 Å². The van der Waals surface area contributed by atoms with E-state index >= 15 is 0 Å². The van der Waals surface area contributed by atoms with Crippen molar-refractivity contribution in [2.75, 3.05) is 30.4 Å². The summed E-state index contributed by atoms with van der Waals surface area (Å²) in [6.45, 7) is 1.39. The average molecular weight is 519 g/mol. The molecule has 0 bridgehead atoms. The molecule has 0 saturated heterocycles. The van der Waals surface area contributed by atoms with Gasteiger partial charge in [0.2, 0.25) is 5.91 Å². The second-order valence-electron chi connectivity index (χ2n) is 6.89. The fourth-order valence-electron chi connectivity index (χ4n) is 3.01. The number of nitrogens with zero attached hydrogens (tertiary/aromatic N) is 1. The van der Waals surface area contributed by atoms with Gasteiger partial charge in [-0.05, 0) is 59.3 Å². The summed E-state index contributed by atoms with van der Waals surface area (Å²) in [6, 6.07) is 18.3. The van der Waals surface area contributed by atoms with E-state index in [0.29, 0.717) is 15.9 Å². The molecule has 0 aliphatic carbocycles. The second-order valence-corrected chi connectivity index (χ2v) is 9.61. The lowest BCUT2D eigenvalue weighted by molar-refractivity contribution is -0.114. The van der Waals surface area contributed by atoms with Crippen LogP contribution in [-0.2, 0) is 14.8 Å². The molecular formula is C23H23BrN2O5S. The van der Waals surface area contributed by atoms with Crippen molar-refractivity contribution in [1.29, 1.82) is 0 Å². The highest BCUT2D eigenvalue weighted by Gasteiger charge is 2.30. The number of amides is 1. The number of para-hydroxylation sites is 1. The van der Waals surface area contributed by atoms with Gasteiger partial charge >= 0.3 is 0 Å². The number of rotatable bonds is 8. The molecular weight excluding hydrogens is 496 g/mol. The molecule has 0 aliphatic rings. The van der Waals surface area contributed by atoms with Crippen molar-refractivity contribution in [3.8, 4) is 11.5 Å². The van der Waals surface area contributed by atoms with Crippen LogP contribution < -0.4 is 19.1 Å². The predicted octanol–water partition coefficient (Wildman–Crippen LogP) is 4.61. The Bertz CT molecular complexity index is 1210. The summed E-state index contributed by atoms with van der Waals surface area (Å²) in [5.74, 6) is 0.198. The largest absolute Gasteiger partial charge is 0.497 e. The molecule has 0 unspecified atom stereocenters. The summed E-state index contributed by atoms with van der Waals surface area (Å²) in [5.41, 5.74) is 1.64. The van der Waals surface area contributed by atoms with Crippen LogP contribution in [0.25, 0.3) is 0 Å². The van der Waals surface area contributed by atoms with Gasteiger partial charge in [-0.2, -0.15) is 0 Å². The molecule has 0 aliphatic heterocycles. The molecule has 0 spiro atoms. The molecule has 7 nitrogen and oxygen atoms in total. The Morgan fingerprint density at radius 3 is 2.31 bits per heavy atom. The average Bonchev–Trinajstić information content (AvgIpc) is 2.78. The minimum atomic E-state index is -4.10. The molecule has 3 aromatic carbocycles. The number of benzene rings is 3. The number of hydrogen-bond donors (Lipinski definition) is 1. The number of halogens is 1. The van der Waals surface area contributed by atoms with Gasteiger partial charge in [-0.25, -0.2) is 8.42 Å². The van der Waals surface area contributed by atoms with Gasteiger partial charge in [-0.15, -0.1) is 0 Å². The van der Waals surface area contributed by atoms with Gasteiger partial charge in [0.25, 0.3) is 10.0 Å². The van der Waals surface area contributed by atoms with Crippen LogP contribution in [0.4, 0.5) is 11.4 Å². The standard InChI is InChI=1S/C23H23BrN2O5S/c1-16-8-11-18(12-9-16)32(28,29)26(21-14-17(30-2)10-13-22(21)31-3)15-23(27)25-20-7-5-4-6-19(20)24/h4-14H,15H2,1-3H3,(H,25,27). The molecule has 9 heteroatoms. The fraction of sp³-hybridized carbons (Fsp3) is 0.174. The maximum Gasteiger partial charge on any atom is 0.264 e. The molecule has 1 amide bonds. The van der Waals surface area contributed by atoms with Crippen molar-refractivity contribution in [1.82, 2.24) is 0 Å². The van der Waals surface area contributed by atoms with Crippen LogP contribution in [0, 0.1) is 6.92 Å². The first-order valence-corrected chi connectivity index (χ1v) is 11.9. The van der Waals surface area contributed by atoms with Crippen molar-refractivity contribution >= 4 is 43.2 Å². The highest BCUT2D eigenvalue weighted by Crippen LogP contribution is 2.35. The van der Waals surface area contributed by atoms with E-state index < -0.39 is 22.5 Å². The number of carbonyl (C=O) groups is 1. The van der Waals surface area contributed by atoms with E-state index in [0.717, 1.165) is 9.87 Å². The van der Waals surface area contributed by atoms with Crippen LogP contribution >= 0.6 is 15.9 Å². The zero-order chi connectivity index (χ0) is 23.3. The first kappa shape index (κ1) is 23.6. The van der Waals surface area contributed by atoms with Gasteiger partial charge < -0.3 is 14.8 Å². The van der Waals surface area contributed by atoms with Crippen molar-refractivity contribution < 1.29 is 22.7 Å². The predicted molar refractivity (Wildman–Crippen MR) is 128 cm³/mol. The Balaban J connectivity index is 2.06. The Morgan fingerprint density at radius 1 is 1.00 bits per heavy atom. The Hall–Kier alpha value is -3.04. The molecule has 0 saturated carbocycles. The van der Waals surface area contributed by atoms with Crippen LogP contribution in [-0.4, -0.2) is 35.1 Å². The third-order valence-electron chi connectivity index (χ3n) is 4.70. The van der Waals surface area contributed by atoms with E-state index in [4.69, 9.17) is 9.47 Å². The normalized spacial score (nSPS) is 11.0. The SMILES string of the molecule is COc1ccc(OC)c(N(CC(=O)Nc2ccccc2Br)S(=O)(=O)c2ccc(C)cc2)c1. The molecule has 168 valence electrons. The lowest BCUT2D eigenvalue weighted by atomic mass is 10.2. The van der Waals surface area contributed by atoms with Crippen molar-refractivity contribution in [3.63, 3.8) is 0 Å². The Morgan fingerprint density at radius 2 is 1.69 bits per heavy atom. The fourth-order valence-corrected chi connectivity index (χ4v) is 4.82. The van der Waals surface area contributed by atoms with Crippen molar-refractivity contribution in [2.24, 2.45) is 0 Å². The molecule has 3 rings (SSSR count). The third kappa shape index (κ3) is 5.23. The maximum absolute atomic E-state index is 13.6. The van der Waals surface area contributed by atoms with Crippen LogP contribution in [0.5, 0.6) is 11.5 Å². The molecule has 32 heavy (non-hydrogen) atoms. The van der Waals surface area contributed by atoms with Crippen molar-refractivity contribution in [2.45, 2.75) is 11.8 Å². The molecule has 0 fully saturated rings. The van der Waals surface area contributed by atoms with Gasteiger partial charge in [0.1, 0.15) is 18.0 Å². The third-order valence-corrected chi connectivity index (χ3v) is 7.16. The van der Waals surface area contributed by atoms with E-state index in [1.165, 1.54) is 32.4 Å². The minimum absolute atomic E-state index is 0.0571. The molecule has 0 heterocycles. The zero-order valence-electron chi connectivity index (χ0n) is 17.8. The molecule has 0 radical (unpaired) electrons. The van der Waals surface area contributed by atoms with Crippen LogP contribution in [0.3, 0.4) is 0 Å². The summed E-state index contributed by atoms with van der Waals surface area (Å²) in [4.78, 5) is 13.0. The Kier molecular flexibility index (Phi) is 7.42. The summed E-state index contributed by atoms with van der Waals surface area (Å²) < 4.78 is 39.6. The quantitative estimate of drug-likeness (QED) is 0.470. The maximum atomic E-state index is 13.6. The van der Waals surface area contributed by atoms with E-state index in [1.54, 1.807) is 42.5 Å². The topological polar surface area (TPSA) is 84.9 Å². The smallest absolute Gasteiger partial charge is 0.264 e. The number of ether oxygens (including phenoxy) is 2. The number of nitrogens with one attached hydrogen (secondary N) is 1. The zero-order valence-corrected chi connectivity index (χ0v) is 20.2. The van der Waals surface area contributed by atoms with Gasteiger partial charge in [-0.1, -0.05) is 29.8 Å². The van der Waals surface area contributed by atoms with Crippen LogP contribution in [0.2, 0.25) is 0 Å². The molecule has 1 N–H and O–H groups in total. The van der Waals surface area contributed by atoms with Gasteiger partial charge in [0, 0.05) is 10.5 Å². The highest BCUT2D eigenvalue weighted by atomic mass is 79.9. The minimum Gasteiger partial charge on any atom is -0.497 e. The van der Waals surface area contributed by atoms with E-state index in [2.05, 4.69) is 21.2 Å². The Labute approximate surface area is 196 Å². The van der Waals surface area contributed by atoms with Crippen molar-refractivity contribution in [3.05, 3.63) is 76.8 Å². The van der Waals surface area contributed by atoms with Crippen LogP contribution in [0.1, 0.15) is 5.56 Å². The highest BCUT2D eigenvalue weighted by molar-refractivity contribution is 9.10. The summed E-state index contributed by atoms with van der Waals surface area (Å²) in [5, 5.41) is 2.75. The van der Waals surface area contributed by atoms with Gasteiger partial charge in [0.05, 0.1) is 30.5 Å². The molecule has 0 atom stereocenters. The first-order chi connectivity index (χ1) is 15.3. The summed E-state index contributed by atoms with van der Waals surface area (Å²) >= 11 is 3.38. The van der Waals surface area contributed by atoms with E-state index in [-0.39, 0.29) is 16.3 Å². The number of aryl methyl sites for hydroxylation is 1. The molecule has 0 aromatic heterocycles. The first-order valence-electron chi connectivity index (χ1n) is 9.62. The van der Waals surface area contributed by atoms with Gasteiger partial charge in [0.15, 0.2) is 0 Å². The number of sulfonamides is 1. The summed E-state index contributed by atoms with van der Waals surface area (Å²) in [6.07, 6.45) is 0. The monoisotopic (exact) mass is 518 g/mol. The molecule has 3 aromatic rings. The van der Waals surface area contributed by atoms with Gasteiger partial charge in [-0.3, -0.25) is 9.10 Å². The number of methoxy groups -OCH3 is 2. The van der Waals surface area contributed by atoms with Crippen LogP contribution in [0.15, 0.2) is 76.1 Å². The number of carbonyl (C=O) groups excluding carboxylic acids is 1. The van der Waals surface area contributed by atoms with E-state index in [9.17, 15) is 13.2 Å².